The van der Waals surface area contributed by atoms with Gasteiger partial charge in [-0.25, -0.2) is 4.98 Å². The standard InChI is InChI=1S/C14H12ClF2N3O2/c1-18-12-7-8(6-11(15)20-12)13(21)19-9-4-2-3-5-10(9)22-14(16)17/h2-7,14H,1H3,(H,18,20)(H,19,21). The van der Waals surface area contributed by atoms with Crippen molar-refractivity contribution in [1.82, 2.24) is 4.98 Å². The van der Waals surface area contributed by atoms with Gasteiger partial charge in [-0.1, -0.05) is 23.7 Å². The quantitative estimate of drug-likeness (QED) is 0.823. The van der Waals surface area contributed by atoms with Gasteiger partial charge in [-0.05, 0) is 24.3 Å². The van der Waals surface area contributed by atoms with Gasteiger partial charge < -0.3 is 15.4 Å². The van der Waals surface area contributed by atoms with Gasteiger partial charge in [0.15, 0.2) is 0 Å². The molecule has 0 saturated carbocycles. The number of benzene rings is 1. The minimum Gasteiger partial charge on any atom is -0.433 e. The summed E-state index contributed by atoms with van der Waals surface area (Å²) in [7, 11) is 1.63. The number of hydrogen-bond acceptors (Lipinski definition) is 4. The van der Waals surface area contributed by atoms with Crippen LogP contribution in [0.25, 0.3) is 0 Å². The van der Waals surface area contributed by atoms with Crippen LogP contribution >= 0.6 is 11.6 Å². The summed E-state index contributed by atoms with van der Waals surface area (Å²) in [5.74, 6) is -0.235. The molecule has 1 heterocycles. The van der Waals surface area contributed by atoms with E-state index < -0.39 is 12.5 Å². The number of nitrogens with one attached hydrogen (secondary N) is 2. The van der Waals surface area contributed by atoms with E-state index in [1.54, 1.807) is 13.1 Å². The van der Waals surface area contributed by atoms with Crippen LogP contribution in [0.4, 0.5) is 20.3 Å². The van der Waals surface area contributed by atoms with Crippen LogP contribution in [0.15, 0.2) is 36.4 Å². The Bertz CT molecular complexity index is 683. The van der Waals surface area contributed by atoms with E-state index in [-0.39, 0.29) is 22.2 Å². The molecule has 116 valence electrons. The molecule has 2 N–H and O–H groups in total. The van der Waals surface area contributed by atoms with Crippen LogP contribution < -0.4 is 15.4 Å². The van der Waals surface area contributed by atoms with Gasteiger partial charge in [0.25, 0.3) is 5.91 Å². The smallest absolute Gasteiger partial charge is 0.387 e. The Morgan fingerprint density at radius 2 is 2.05 bits per heavy atom. The number of pyridine rings is 1. The fraction of sp³-hybridized carbons (Fsp3) is 0.143. The third kappa shape index (κ3) is 4.05. The normalized spacial score (nSPS) is 10.4. The van der Waals surface area contributed by atoms with Gasteiger partial charge in [-0.2, -0.15) is 8.78 Å². The first-order valence-corrected chi connectivity index (χ1v) is 6.58. The Hall–Kier alpha value is -2.41. The Morgan fingerprint density at radius 1 is 1.32 bits per heavy atom. The molecule has 8 heteroatoms. The van der Waals surface area contributed by atoms with Crippen LogP contribution in [0.1, 0.15) is 10.4 Å². The lowest BCUT2D eigenvalue weighted by Crippen LogP contribution is -2.14. The predicted molar refractivity (Wildman–Crippen MR) is 79.8 cm³/mol. The van der Waals surface area contributed by atoms with E-state index in [1.807, 2.05) is 0 Å². The number of para-hydroxylation sites is 2. The molecule has 2 rings (SSSR count). The minimum absolute atomic E-state index is 0.125. The van der Waals surface area contributed by atoms with E-state index in [0.717, 1.165) is 0 Å². The molecule has 0 atom stereocenters. The van der Waals surface area contributed by atoms with Crippen LogP contribution in [0.3, 0.4) is 0 Å². The molecule has 22 heavy (non-hydrogen) atoms. The van der Waals surface area contributed by atoms with Crippen molar-refractivity contribution in [1.29, 1.82) is 0 Å². The molecule has 0 bridgehead atoms. The lowest BCUT2D eigenvalue weighted by atomic mass is 10.2. The van der Waals surface area contributed by atoms with Gasteiger partial charge >= 0.3 is 6.61 Å². The van der Waals surface area contributed by atoms with E-state index in [9.17, 15) is 13.6 Å². The first kappa shape index (κ1) is 16.0. The molecule has 0 saturated heterocycles. The number of carbonyl (C=O) groups is 1. The molecule has 0 radical (unpaired) electrons. The third-order valence-electron chi connectivity index (χ3n) is 2.66. The summed E-state index contributed by atoms with van der Waals surface area (Å²) in [6, 6.07) is 8.76. The molecular weight excluding hydrogens is 316 g/mol. The molecule has 0 spiro atoms. The molecule has 0 aliphatic carbocycles. The zero-order valence-electron chi connectivity index (χ0n) is 11.4. The van der Waals surface area contributed by atoms with Gasteiger partial charge in [0, 0.05) is 12.6 Å². The SMILES string of the molecule is CNc1cc(C(=O)Nc2ccccc2OC(F)F)cc(Cl)n1. The number of anilines is 2. The maximum absolute atomic E-state index is 12.3. The molecule has 0 fully saturated rings. The van der Waals surface area contributed by atoms with Crippen LogP contribution in [0.2, 0.25) is 5.15 Å². The summed E-state index contributed by atoms with van der Waals surface area (Å²) in [6.07, 6.45) is 0. The first-order chi connectivity index (χ1) is 10.5. The summed E-state index contributed by atoms with van der Waals surface area (Å²) in [6.45, 7) is -2.98. The van der Waals surface area contributed by atoms with Crippen LogP contribution in [-0.4, -0.2) is 24.6 Å². The highest BCUT2D eigenvalue weighted by Crippen LogP contribution is 2.26. The Morgan fingerprint density at radius 3 is 2.73 bits per heavy atom. The highest BCUT2D eigenvalue weighted by atomic mass is 35.5. The number of ether oxygens (including phenoxy) is 1. The van der Waals surface area contributed by atoms with Crippen LogP contribution in [-0.2, 0) is 0 Å². The largest absolute Gasteiger partial charge is 0.433 e. The highest BCUT2D eigenvalue weighted by Gasteiger charge is 2.14. The minimum atomic E-state index is -2.98. The second-order valence-electron chi connectivity index (χ2n) is 4.14. The average molecular weight is 328 g/mol. The van der Waals surface area contributed by atoms with Gasteiger partial charge in [0.1, 0.15) is 16.7 Å². The van der Waals surface area contributed by atoms with E-state index in [0.29, 0.717) is 5.82 Å². The van der Waals surface area contributed by atoms with E-state index >= 15 is 0 Å². The van der Waals surface area contributed by atoms with Crippen molar-refractivity contribution < 1.29 is 18.3 Å². The summed E-state index contributed by atoms with van der Waals surface area (Å²) in [4.78, 5) is 16.2. The average Bonchev–Trinajstić information content (AvgIpc) is 2.48. The number of carbonyl (C=O) groups excluding carboxylic acids is 1. The van der Waals surface area contributed by atoms with Crippen molar-refractivity contribution in [2.45, 2.75) is 6.61 Å². The summed E-state index contributed by atoms with van der Waals surface area (Å²) in [5, 5.41) is 5.40. The second-order valence-corrected chi connectivity index (χ2v) is 4.53. The number of halogens is 3. The monoisotopic (exact) mass is 327 g/mol. The number of hydrogen-bond donors (Lipinski definition) is 2. The number of nitrogens with zero attached hydrogens (tertiary/aromatic N) is 1. The fourth-order valence-corrected chi connectivity index (χ4v) is 1.93. The molecule has 5 nitrogen and oxygen atoms in total. The summed E-state index contributed by atoms with van der Waals surface area (Å²) < 4.78 is 29.0. The van der Waals surface area contributed by atoms with Gasteiger partial charge in [0.2, 0.25) is 0 Å². The Labute approximate surface area is 130 Å². The van der Waals surface area contributed by atoms with Gasteiger partial charge in [-0.15, -0.1) is 0 Å². The van der Waals surface area contributed by atoms with Crippen molar-refractivity contribution >= 4 is 29.0 Å². The first-order valence-electron chi connectivity index (χ1n) is 6.20. The predicted octanol–water partition coefficient (Wildman–Crippen LogP) is 3.63. The van der Waals surface area contributed by atoms with Crippen molar-refractivity contribution in [3.63, 3.8) is 0 Å². The van der Waals surface area contributed by atoms with E-state index in [2.05, 4.69) is 20.4 Å². The zero-order valence-corrected chi connectivity index (χ0v) is 12.2. The van der Waals surface area contributed by atoms with Crippen LogP contribution in [0, 0.1) is 0 Å². The number of alkyl halides is 2. The summed E-state index contributed by atoms with van der Waals surface area (Å²) >= 11 is 5.82. The Kier molecular flexibility index (Phi) is 5.11. The third-order valence-corrected chi connectivity index (χ3v) is 2.86. The van der Waals surface area contributed by atoms with Crippen molar-refractivity contribution in [3.05, 3.63) is 47.1 Å². The van der Waals surface area contributed by atoms with E-state index in [4.69, 9.17) is 11.6 Å². The summed E-state index contributed by atoms with van der Waals surface area (Å²) in [5.41, 5.74) is 0.364. The molecule has 2 aromatic rings. The molecular formula is C14H12ClF2N3O2. The maximum atomic E-state index is 12.3. The molecule has 0 aliphatic rings. The maximum Gasteiger partial charge on any atom is 0.387 e. The highest BCUT2D eigenvalue weighted by molar-refractivity contribution is 6.30. The van der Waals surface area contributed by atoms with Crippen molar-refractivity contribution in [2.75, 3.05) is 17.7 Å². The van der Waals surface area contributed by atoms with E-state index in [1.165, 1.54) is 30.3 Å². The molecule has 0 aliphatic heterocycles. The number of amides is 1. The van der Waals surface area contributed by atoms with Gasteiger partial charge in [0.05, 0.1) is 5.69 Å². The number of aromatic nitrogens is 1. The molecule has 1 amide bonds. The fourth-order valence-electron chi connectivity index (χ4n) is 1.72. The number of rotatable bonds is 5. The molecule has 1 aromatic carbocycles. The zero-order chi connectivity index (χ0) is 16.1. The topological polar surface area (TPSA) is 63.2 Å². The van der Waals surface area contributed by atoms with Gasteiger partial charge in [-0.3, -0.25) is 4.79 Å². The molecule has 0 unspecified atom stereocenters. The van der Waals surface area contributed by atoms with Crippen molar-refractivity contribution in [3.8, 4) is 5.75 Å². The molecule has 1 aromatic heterocycles. The lowest BCUT2D eigenvalue weighted by molar-refractivity contribution is -0.0493. The Balaban J connectivity index is 2.24. The van der Waals surface area contributed by atoms with Crippen molar-refractivity contribution in [2.24, 2.45) is 0 Å². The second kappa shape index (κ2) is 7.04. The van der Waals surface area contributed by atoms with Crippen LogP contribution in [0.5, 0.6) is 5.75 Å². The lowest BCUT2D eigenvalue weighted by Gasteiger charge is -2.12.